The Labute approximate surface area is 747 Å². The molecular weight excluding hydrogens is 1730 g/mol. The molecule has 8 atom stereocenters. The summed E-state index contributed by atoms with van der Waals surface area (Å²) in [6.45, 7) is 3.83. The summed E-state index contributed by atoms with van der Waals surface area (Å²) in [6, 6.07) is 6.29. The van der Waals surface area contributed by atoms with Crippen molar-refractivity contribution in [1.82, 2.24) is 39.1 Å². The van der Waals surface area contributed by atoms with Gasteiger partial charge in [-0.1, -0.05) is 70.2 Å². The van der Waals surface area contributed by atoms with Gasteiger partial charge >= 0.3 is 23.9 Å². The van der Waals surface area contributed by atoms with Crippen LogP contribution in [0.2, 0.25) is 0 Å². The molecule has 0 radical (unpaired) electrons. The zero-order valence-corrected chi connectivity index (χ0v) is 68.6. The summed E-state index contributed by atoms with van der Waals surface area (Å²) in [7, 11) is 12.2. The molecule has 4 aliphatic rings. The molecule has 2 bridgehead atoms. The van der Waals surface area contributed by atoms with Gasteiger partial charge < -0.3 is 122 Å². The Hall–Kier alpha value is -12.4. The molecule has 3 fully saturated rings. The van der Waals surface area contributed by atoms with Crippen LogP contribution in [0.15, 0.2) is 98.6 Å². The Morgan fingerprint density at radius 3 is 1.13 bits per heavy atom. The van der Waals surface area contributed by atoms with E-state index >= 15 is 0 Å². The number of carbonyl (C=O) groups is 8. The highest BCUT2D eigenvalue weighted by Crippen LogP contribution is 2.39. The minimum atomic E-state index is -1.93. The Kier molecular flexibility index (Phi) is 47.9. The number of carboxylic acid groups (broad SMARTS) is 1. The fraction of sp³-hybridized carbons (Fsp3) is 0.471. The Morgan fingerprint density at radius 2 is 0.831 bits per heavy atom. The molecule has 0 spiro atoms. The molecule has 0 unspecified atom stereocenters. The van der Waals surface area contributed by atoms with Crippen LogP contribution in [0.5, 0.6) is 23.0 Å². The molecule has 2 saturated carbocycles. The zero-order chi connectivity index (χ0) is 91.5. The Morgan fingerprint density at radius 1 is 0.485 bits per heavy atom. The predicted octanol–water partition coefficient (Wildman–Crippen LogP) is 9.08. The molecule has 1 saturated heterocycles. The summed E-state index contributed by atoms with van der Waals surface area (Å²) >= 11 is 0. The first-order chi connectivity index (χ1) is 58.2. The molecule has 37 nitrogen and oxygen atoms in total. The number of esters is 3. The molecule has 4 aromatic heterocycles. The summed E-state index contributed by atoms with van der Waals surface area (Å²) < 4.78 is 141. The number of nitrogens with one attached hydrogen (secondary N) is 3. The van der Waals surface area contributed by atoms with Crippen LogP contribution in [-0.2, 0) is 64.1 Å². The van der Waals surface area contributed by atoms with Gasteiger partial charge in [0.2, 0.25) is 21.7 Å². The largest absolute Gasteiger partial charge is 0.503 e. The number of aliphatic hydroxyl groups is 3. The van der Waals surface area contributed by atoms with Gasteiger partial charge in [-0.2, -0.15) is 0 Å². The minimum absolute atomic E-state index is 0. The van der Waals surface area contributed by atoms with Gasteiger partial charge in [-0.25, -0.2) is 45.5 Å². The van der Waals surface area contributed by atoms with Crippen molar-refractivity contribution in [2.75, 3.05) is 71.1 Å². The molecule has 130 heavy (non-hydrogen) atoms. The zero-order valence-electron chi connectivity index (χ0n) is 68.6. The number of carbonyl (C=O) groups excluding carboxylic acids is 7. The number of ether oxygens (including phenoxy) is 11. The highest BCUT2D eigenvalue weighted by Gasteiger charge is 2.48. The number of hydrogen-bond acceptors (Lipinski definition) is 28. The lowest BCUT2D eigenvalue weighted by Crippen LogP contribution is -2.57. The maximum Gasteiger partial charge on any atom is 0.358 e. The minimum Gasteiger partial charge on any atom is -0.503 e. The average molecular weight is 1850 g/mol. The number of nitrogens with two attached hydrogens (primary N) is 1. The maximum absolute atomic E-state index is 14.1. The van der Waals surface area contributed by atoms with Crippen LogP contribution in [0.4, 0.5) is 26.3 Å². The van der Waals surface area contributed by atoms with Crippen LogP contribution in [0.3, 0.4) is 0 Å². The third kappa shape index (κ3) is 28.1. The molecule has 7 aromatic rings. The van der Waals surface area contributed by atoms with E-state index in [1.54, 1.807) is 4.90 Å². The smallest absolute Gasteiger partial charge is 0.358 e. The van der Waals surface area contributed by atoms with Crippen molar-refractivity contribution in [2.24, 2.45) is 5.73 Å². The van der Waals surface area contributed by atoms with Gasteiger partial charge in [-0.3, -0.25) is 38.4 Å². The lowest BCUT2D eigenvalue weighted by molar-refractivity contribution is -0.132. The van der Waals surface area contributed by atoms with Crippen molar-refractivity contribution >= 4 is 47.5 Å². The highest BCUT2D eigenvalue weighted by molar-refractivity contribution is 6.01. The van der Waals surface area contributed by atoms with Crippen LogP contribution in [0, 0.1) is 34.9 Å². The quantitative estimate of drug-likeness (QED) is 0.0106. The third-order valence-corrected chi connectivity index (χ3v) is 19.8. The number of methoxy groups -OCH3 is 10. The summed E-state index contributed by atoms with van der Waals surface area (Å²) in [5, 5.41) is 54.4. The molecule has 4 amide bonds. The van der Waals surface area contributed by atoms with E-state index in [4.69, 9.17) is 58.6 Å². The number of amides is 4. The normalized spacial score (nSPS) is 15.8. The number of hydrogen-bond donors (Lipinski definition) is 9. The highest BCUT2D eigenvalue weighted by atomic mass is 19.2. The number of aromatic nitrogens is 4. The fourth-order valence-corrected chi connectivity index (χ4v) is 13.6. The fourth-order valence-electron chi connectivity index (χ4n) is 13.6. The van der Waals surface area contributed by atoms with E-state index in [2.05, 4.69) is 25.4 Å². The van der Waals surface area contributed by atoms with E-state index in [1.807, 2.05) is 0 Å². The molecule has 6 heterocycles. The van der Waals surface area contributed by atoms with Gasteiger partial charge in [-0.05, 0) is 77.5 Å². The van der Waals surface area contributed by atoms with Crippen LogP contribution in [0.25, 0.3) is 0 Å². The first-order valence-corrected chi connectivity index (χ1v) is 37.3. The van der Waals surface area contributed by atoms with Crippen molar-refractivity contribution in [3.8, 4) is 23.0 Å². The second-order valence-electron chi connectivity index (χ2n) is 27.7. The van der Waals surface area contributed by atoms with E-state index in [1.165, 1.54) is 81.2 Å². The number of carboxylic acids is 1. The monoisotopic (exact) mass is 1850 g/mol. The van der Waals surface area contributed by atoms with E-state index in [0.29, 0.717) is 18.2 Å². The molecule has 11 rings (SSSR count). The van der Waals surface area contributed by atoms with Crippen molar-refractivity contribution in [2.45, 2.75) is 205 Å². The second-order valence-corrected chi connectivity index (χ2v) is 27.7. The van der Waals surface area contributed by atoms with Gasteiger partial charge in [-0.15, -0.1) is 0 Å². The summed E-state index contributed by atoms with van der Waals surface area (Å²) in [5.74, 6) is -14.4. The van der Waals surface area contributed by atoms with E-state index in [-0.39, 0.29) is 141 Å². The molecule has 3 aromatic carbocycles. The van der Waals surface area contributed by atoms with Gasteiger partial charge in [0.25, 0.3) is 23.6 Å². The van der Waals surface area contributed by atoms with Crippen molar-refractivity contribution in [3.05, 3.63) is 217 Å². The molecule has 10 N–H and O–H groups in total. The third-order valence-electron chi connectivity index (χ3n) is 19.8. The van der Waals surface area contributed by atoms with Gasteiger partial charge in [0.05, 0.1) is 99.2 Å². The summed E-state index contributed by atoms with van der Waals surface area (Å²) in [6.07, 6.45) is 5.29. The average Bonchev–Trinajstić information content (AvgIpc) is 1.34. The van der Waals surface area contributed by atoms with Crippen molar-refractivity contribution < 1.29 is 142 Å². The first-order valence-electron chi connectivity index (χ1n) is 37.3. The standard InChI is InChI=1S/C22H21F2N3O5.C21H24F2N2O7.C19H20F2N2O7.C13H17NO8.C5H11NO.7CH4/c1-10(14-5-2-11(23)6-16(14)24)25-21(30)15-8-26-9-17-27(12-3-4-13(7-12)32-17)22(31)18(26)20(29)19(15)28;1-11(13-7-6-12(22)8-15(13)23)24-20(27)14-9-25(10-16(29-2)30-3)17(21(28)32-5)19(31-4)18(14)26;1-9(11-5-4-10(20)6-13(11)21)22-18(27)12-7-23(8-14(24)25)15(19(28)30-3)17(29-2)16(12)26;1-19-8(20-2)6-14-5-7(12(16)17)10(15)11(21-3)9(14)13(18)22-4;6-4-1-2-5(7)3-4;;;;;;;/h2,5-6,8,10,12-13,17,29H,3-4,7,9H2,1H3,(H,25,30);6-9,11,16H,10H2,1-5H3,(H,24,27);4-7,9,14,24-25H,8H2,1-3H3,(H,22,27);5,8H,6H2,1-4H3,(H,16,17);4-5,7H,1-3,6H2;7*1H4/t10-,12-,13+,17+;11-;9-;;4-,5+;;;;;;;/m111.1......./s1. The molecular formula is C87H121F6N9O28. The molecule has 43 heteroatoms. The van der Waals surface area contributed by atoms with E-state index in [0.717, 1.165) is 129 Å². The molecule has 2 aliphatic heterocycles. The van der Waals surface area contributed by atoms with Crippen LogP contribution < -0.4 is 57.6 Å². The van der Waals surface area contributed by atoms with E-state index < -0.39 is 194 Å². The molecule has 724 valence electrons. The number of rotatable bonds is 26. The number of benzene rings is 3. The number of fused-ring (bicyclic) bond motifs is 5. The molecule has 2 aliphatic carbocycles. The lowest BCUT2D eigenvalue weighted by Gasteiger charge is -2.44. The van der Waals surface area contributed by atoms with Crippen LogP contribution in [-0.4, -0.2) is 217 Å². The Balaban J connectivity index is 0.00000164. The number of nitrogens with zero attached hydrogens (tertiary/aromatic N) is 5. The Bertz CT molecular complexity index is 5300. The van der Waals surface area contributed by atoms with Crippen LogP contribution in [0.1, 0.15) is 229 Å². The second kappa shape index (κ2) is 52.9. The van der Waals surface area contributed by atoms with Crippen molar-refractivity contribution in [3.63, 3.8) is 0 Å². The van der Waals surface area contributed by atoms with Gasteiger partial charge in [0, 0.05) is 100 Å². The first kappa shape index (κ1) is 118. The summed E-state index contributed by atoms with van der Waals surface area (Å²) in [4.78, 5) is 151. The number of halogens is 6. The number of aromatic carboxylic acids is 1. The number of aromatic hydroxyl groups is 1. The number of pyridine rings is 4. The van der Waals surface area contributed by atoms with Crippen molar-refractivity contribution in [1.29, 1.82) is 0 Å². The topological polar surface area (TPSA) is 493 Å². The van der Waals surface area contributed by atoms with Gasteiger partial charge in [0.1, 0.15) is 57.2 Å². The summed E-state index contributed by atoms with van der Waals surface area (Å²) in [5.41, 5.74) is -1.12. The van der Waals surface area contributed by atoms with Crippen LogP contribution >= 0.6 is 0 Å². The lowest BCUT2D eigenvalue weighted by atomic mass is 10.1. The number of aliphatic hydroxyl groups excluding tert-OH is 2. The van der Waals surface area contributed by atoms with Gasteiger partial charge in [0.15, 0.2) is 70.9 Å². The predicted molar refractivity (Wildman–Crippen MR) is 463 cm³/mol. The maximum atomic E-state index is 14.1. The SMILES string of the molecule is C.C.C.C.C.C.C.COC(=O)c1c(OC)c(=O)c(C(=O)N[C@H](C)c2ccc(F)cc2F)cn1CC(O)O.COC(=O)c1c(OC)c(=O)c(C(=O)N[C@H](C)c2ccc(F)cc2F)cn1CC(OC)OC.COC(=O)c1c(OC)c(=O)c(C(=O)O)cn1CC(OC)OC.C[C@@H](NC(=O)c1cn2c(c(O)c1=O)C(=O)N1[C@@H]3CC[C@@H](C3)O[C@H]1C2)c1ccc(F)cc1F.N[C@@H]1CC[C@H](O)C1. The van der Waals surface area contributed by atoms with E-state index in [9.17, 15) is 99.2 Å².